The molecule has 0 unspecified atom stereocenters. The topological polar surface area (TPSA) is 27.8 Å². The third-order valence-corrected chi connectivity index (χ3v) is 4.45. The predicted molar refractivity (Wildman–Crippen MR) is 90.2 cm³/mol. The maximum absolute atomic E-state index is 6.17. The highest BCUT2D eigenvalue weighted by Crippen LogP contribution is 2.25. The molecule has 0 atom stereocenters. The Labute approximate surface area is 134 Å². The van der Waals surface area contributed by atoms with Gasteiger partial charge in [-0.3, -0.25) is 0 Å². The molecule has 1 aromatic heterocycles. The molecule has 0 saturated carbocycles. The Morgan fingerprint density at radius 1 is 0.952 bits per heavy atom. The van der Waals surface area contributed by atoms with Crippen LogP contribution >= 0.6 is 23.2 Å². The molecule has 0 aliphatic rings. The van der Waals surface area contributed by atoms with Gasteiger partial charge in [0.25, 0.3) is 0 Å². The lowest BCUT2D eigenvalue weighted by atomic mass is 10.1. The second kappa shape index (κ2) is 6.52. The van der Waals surface area contributed by atoms with Gasteiger partial charge in [-0.25, -0.2) is 0 Å². The maximum Gasteiger partial charge on any atom is 0.0637 e. The zero-order valence-corrected chi connectivity index (χ0v) is 13.0. The second-order valence-electron chi connectivity index (χ2n) is 5.00. The van der Waals surface area contributed by atoms with Crippen LogP contribution in [0, 0.1) is 0 Å². The summed E-state index contributed by atoms with van der Waals surface area (Å²) in [7, 11) is 0. The van der Waals surface area contributed by atoms with E-state index >= 15 is 0 Å². The third-order valence-electron chi connectivity index (χ3n) is 3.59. The van der Waals surface area contributed by atoms with Gasteiger partial charge < -0.3 is 10.3 Å². The first kappa shape index (κ1) is 14.5. The van der Waals surface area contributed by atoms with E-state index in [1.165, 1.54) is 16.5 Å². The fourth-order valence-electron chi connectivity index (χ4n) is 2.47. The van der Waals surface area contributed by atoms with Crippen LogP contribution in [-0.4, -0.2) is 11.5 Å². The summed E-state index contributed by atoms with van der Waals surface area (Å²) >= 11 is 12.2. The van der Waals surface area contributed by atoms with Crippen LogP contribution < -0.4 is 5.32 Å². The summed E-state index contributed by atoms with van der Waals surface area (Å²) in [5, 5.41) is 5.95. The average molecular weight is 319 g/mol. The van der Waals surface area contributed by atoms with Crippen molar-refractivity contribution in [1.29, 1.82) is 0 Å². The molecule has 0 aliphatic carbocycles. The van der Waals surface area contributed by atoms with Crippen molar-refractivity contribution in [2.75, 3.05) is 6.54 Å². The summed E-state index contributed by atoms with van der Waals surface area (Å²) in [5.41, 5.74) is 3.55. The van der Waals surface area contributed by atoms with Gasteiger partial charge in [-0.05, 0) is 36.2 Å². The first-order valence-corrected chi connectivity index (χ1v) is 7.70. The highest BCUT2D eigenvalue weighted by atomic mass is 35.5. The van der Waals surface area contributed by atoms with Crippen molar-refractivity contribution in [3.63, 3.8) is 0 Å². The van der Waals surface area contributed by atoms with Gasteiger partial charge in [0.05, 0.1) is 10.0 Å². The molecule has 21 heavy (non-hydrogen) atoms. The van der Waals surface area contributed by atoms with Crippen LogP contribution in [0.25, 0.3) is 10.9 Å². The van der Waals surface area contributed by atoms with Crippen molar-refractivity contribution in [2.45, 2.75) is 13.0 Å². The Morgan fingerprint density at radius 2 is 1.81 bits per heavy atom. The van der Waals surface area contributed by atoms with Crippen molar-refractivity contribution < 1.29 is 0 Å². The molecule has 4 heteroatoms. The molecule has 3 aromatic rings. The first-order valence-electron chi connectivity index (χ1n) is 6.94. The number of rotatable bonds is 5. The molecule has 0 radical (unpaired) electrons. The van der Waals surface area contributed by atoms with E-state index in [1.807, 2.05) is 18.2 Å². The van der Waals surface area contributed by atoms with E-state index in [4.69, 9.17) is 23.2 Å². The highest BCUT2D eigenvalue weighted by Gasteiger charge is 2.05. The number of halogens is 2. The summed E-state index contributed by atoms with van der Waals surface area (Å²) in [6.45, 7) is 1.62. The Balaban J connectivity index is 1.58. The lowest BCUT2D eigenvalue weighted by molar-refractivity contribution is 0.688. The van der Waals surface area contributed by atoms with Gasteiger partial charge in [0.15, 0.2) is 0 Å². The molecule has 1 heterocycles. The zero-order chi connectivity index (χ0) is 14.7. The van der Waals surface area contributed by atoms with Crippen LogP contribution in [0.1, 0.15) is 11.1 Å². The van der Waals surface area contributed by atoms with Gasteiger partial charge >= 0.3 is 0 Å². The molecule has 108 valence electrons. The van der Waals surface area contributed by atoms with E-state index in [9.17, 15) is 0 Å². The number of benzene rings is 2. The van der Waals surface area contributed by atoms with Crippen molar-refractivity contribution in [3.8, 4) is 0 Å². The quantitative estimate of drug-likeness (QED) is 0.649. The average Bonchev–Trinajstić information content (AvgIpc) is 2.91. The molecular formula is C17H16Cl2N2. The van der Waals surface area contributed by atoms with E-state index in [0.29, 0.717) is 10.0 Å². The largest absolute Gasteiger partial charge is 0.361 e. The van der Waals surface area contributed by atoms with Crippen molar-refractivity contribution in [1.82, 2.24) is 10.3 Å². The van der Waals surface area contributed by atoms with E-state index in [2.05, 4.69) is 34.7 Å². The number of fused-ring (bicyclic) bond motifs is 1. The van der Waals surface area contributed by atoms with E-state index in [-0.39, 0.29) is 0 Å². The van der Waals surface area contributed by atoms with E-state index in [0.717, 1.165) is 25.1 Å². The monoisotopic (exact) mass is 318 g/mol. The lowest BCUT2D eigenvalue weighted by Gasteiger charge is -2.07. The summed E-state index contributed by atoms with van der Waals surface area (Å²) < 4.78 is 0. The number of hydrogen-bond donors (Lipinski definition) is 2. The predicted octanol–water partition coefficient (Wildman–Crippen LogP) is 4.81. The Bertz CT molecular complexity index is 749. The second-order valence-corrected chi connectivity index (χ2v) is 5.78. The summed E-state index contributed by atoms with van der Waals surface area (Å²) in [4.78, 5) is 3.30. The van der Waals surface area contributed by atoms with Crippen molar-refractivity contribution >= 4 is 34.1 Å². The summed E-state index contributed by atoms with van der Waals surface area (Å²) in [6, 6.07) is 14.1. The van der Waals surface area contributed by atoms with E-state index < -0.39 is 0 Å². The lowest BCUT2D eigenvalue weighted by Crippen LogP contribution is -2.16. The molecule has 0 bridgehead atoms. The molecule has 2 N–H and O–H groups in total. The molecule has 0 saturated heterocycles. The Morgan fingerprint density at radius 3 is 2.71 bits per heavy atom. The fraction of sp³-hybridized carbons (Fsp3) is 0.176. The molecular weight excluding hydrogens is 303 g/mol. The molecule has 3 rings (SSSR count). The Hall–Kier alpha value is -1.48. The minimum Gasteiger partial charge on any atom is -0.361 e. The number of para-hydroxylation sites is 1. The summed E-state index contributed by atoms with van der Waals surface area (Å²) in [6.07, 6.45) is 3.06. The van der Waals surface area contributed by atoms with E-state index in [1.54, 1.807) is 6.07 Å². The van der Waals surface area contributed by atoms with Crippen LogP contribution in [0.15, 0.2) is 48.7 Å². The fourth-order valence-corrected chi connectivity index (χ4v) is 2.86. The molecule has 2 aromatic carbocycles. The minimum absolute atomic E-state index is 0.604. The molecule has 2 nitrogen and oxygen atoms in total. The van der Waals surface area contributed by atoms with Crippen molar-refractivity contribution in [2.24, 2.45) is 0 Å². The summed E-state index contributed by atoms with van der Waals surface area (Å²) in [5.74, 6) is 0. The normalized spacial score (nSPS) is 11.1. The molecule has 0 aliphatic heterocycles. The van der Waals surface area contributed by atoms with Gasteiger partial charge in [0.1, 0.15) is 0 Å². The number of H-pyrrole nitrogens is 1. The highest BCUT2D eigenvalue weighted by molar-refractivity contribution is 6.42. The third kappa shape index (κ3) is 3.24. The SMILES string of the molecule is Clc1cccc(CNCCc2c[nH]c3ccccc23)c1Cl. The number of aromatic nitrogens is 1. The molecule has 0 spiro atoms. The smallest absolute Gasteiger partial charge is 0.0637 e. The van der Waals surface area contributed by atoms with Gasteiger partial charge in [0.2, 0.25) is 0 Å². The van der Waals surface area contributed by atoms with Crippen LogP contribution in [0.2, 0.25) is 10.0 Å². The Kier molecular flexibility index (Phi) is 4.49. The maximum atomic E-state index is 6.17. The standard InChI is InChI=1S/C17H16Cl2N2/c18-15-6-3-4-13(17(15)19)10-20-9-8-12-11-21-16-7-2-1-5-14(12)16/h1-7,11,20-21H,8-10H2. The minimum atomic E-state index is 0.604. The van der Waals surface area contributed by atoms with Crippen LogP contribution in [0.5, 0.6) is 0 Å². The molecule has 0 fully saturated rings. The molecule has 0 amide bonds. The number of nitrogens with one attached hydrogen (secondary N) is 2. The van der Waals surface area contributed by atoms with Gasteiger partial charge in [0, 0.05) is 23.6 Å². The van der Waals surface area contributed by atoms with Crippen LogP contribution in [0.3, 0.4) is 0 Å². The number of aromatic amines is 1. The van der Waals surface area contributed by atoms with Gasteiger partial charge in [-0.15, -0.1) is 0 Å². The zero-order valence-electron chi connectivity index (χ0n) is 11.5. The van der Waals surface area contributed by atoms with Crippen LogP contribution in [-0.2, 0) is 13.0 Å². The van der Waals surface area contributed by atoms with Crippen LogP contribution in [0.4, 0.5) is 0 Å². The van der Waals surface area contributed by atoms with Crippen molar-refractivity contribution in [3.05, 3.63) is 69.8 Å². The van der Waals surface area contributed by atoms with Gasteiger partial charge in [-0.1, -0.05) is 53.5 Å². The first-order chi connectivity index (χ1) is 10.3. The van der Waals surface area contributed by atoms with Gasteiger partial charge in [-0.2, -0.15) is 0 Å². The number of hydrogen-bond acceptors (Lipinski definition) is 1.